The number of hydrogen-bond donors (Lipinski definition) is 1. The summed E-state index contributed by atoms with van der Waals surface area (Å²) < 4.78 is 10.7. The van der Waals surface area contributed by atoms with Crippen LogP contribution < -0.4 is 5.73 Å². The number of aryl methyl sites for hydroxylation is 2. The molecule has 0 bridgehead atoms. The largest absolute Gasteiger partial charge is 0.458 e. The zero-order valence-corrected chi connectivity index (χ0v) is 17.1. The van der Waals surface area contributed by atoms with E-state index in [1.165, 1.54) is 6.08 Å². The van der Waals surface area contributed by atoms with Crippen molar-refractivity contribution in [3.8, 4) is 6.07 Å². The van der Waals surface area contributed by atoms with Gasteiger partial charge in [-0.05, 0) is 44.0 Å². The molecule has 0 saturated heterocycles. The van der Waals surface area contributed by atoms with Gasteiger partial charge < -0.3 is 15.2 Å². The number of rotatable bonds is 4. The second-order valence-electron chi connectivity index (χ2n) is 6.80. The highest BCUT2D eigenvalue weighted by molar-refractivity contribution is 6.31. The van der Waals surface area contributed by atoms with Crippen LogP contribution in [-0.2, 0) is 14.3 Å². The number of carbonyl (C=O) groups excluding carboxylic acids is 1. The van der Waals surface area contributed by atoms with Crippen molar-refractivity contribution in [1.29, 1.82) is 5.26 Å². The van der Waals surface area contributed by atoms with Gasteiger partial charge in [-0.1, -0.05) is 30.3 Å². The second kappa shape index (κ2) is 7.98. The summed E-state index contributed by atoms with van der Waals surface area (Å²) in [4.78, 5) is 17.3. The van der Waals surface area contributed by atoms with Crippen LogP contribution in [0.15, 0.2) is 53.6 Å². The normalized spacial score (nSPS) is 16.4. The van der Waals surface area contributed by atoms with Crippen molar-refractivity contribution in [3.05, 3.63) is 75.5 Å². The predicted octanol–water partition coefficient (Wildman–Crippen LogP) is 4.32. The molecule has 0 radical (unpaired) electrons. The maximum Gasteiger partial charge on any atom is 0.338 e. The van der Waals surface area contributed by atoms with Crippen LogP contribution in [0.1, 0.15) is 29.5 Å². The van der Waals surface area contributed by atoms with E-state index in [0.717, 1.165) is 22.0 Å². The molecule has 2 aromatic rings. The van der Waals surface area contributed by atoms with Gasteiger partial charge in [-0.25, -0.2) is 9.78 Å². The third kappa shape index (κ3) is 3.69. The number of carbonyl (C=O) groups is 1. The molecule has 7 heteroatoms. The van der Waals surface area contributed by atoms with Crippen LogP contribution in [0.3, 0.4) is 0 Å². The summed E-state index contributed by atoms with van der Waals surface area (Å²) in [6, 6.07) is 7.84. The number of nitriles is 1. The minimum Gasteiger partial charge on any atom is -0.458 e. The maximum atomic E-state index is 12.8. The van der Waals surface area contributed by atoms with Crippen molar-refractivity contribution in [2.75, 3.05) is 6.61 Å². The van der Waals surface area contributed by atoms with E-state index in [9.17, 15) is 10.1 Å². The summed E-state index contributed by atoms with van der Waals surface area (Å²) >= 11 is 6.52. The first kappa shape index (κ1) is 20.4. The van der Waals surface area contributed by atoms with Gasteiger partial charge in [-0.3, -0.25) is 0 Å². The average molecular weight is 410 g/mol. The summed E-state index contributed by atoms with van der Waals surface area (Å²) in [5.74, 6) is -1.31. The van der Waals surface area contributed by atoms with Crippen molar-refractivity contribution in [1.82, 2.24) is 4.98 Å². The van der Waals surface area contributed by atoms with Gasteiger partial charge in [0.15, 0.2) is 0 Å². The number of benzene rings is 1. The minimum absolute atomic E-state index is 0.0193. The quantitative estimate of drug-likeness (QED) is 0.458. The number of esters is 1. The molecule has 1 aromatic carbocycles. The molecule has 2 N–H and O–H groups in total. The number of aromatic nitrogens is 1. The van der Waals surface area contributed by atoms with E-state index in [-0.39, 0.29) is 34.5 Å². The average Bonchev–Trinajstić information content (AvgIpc) is 2.65. The number of ether oxygens (including phenoxy) is 2. The van der Waals surface area contributed by atoms with Gasteiger partial charge >= 0.3 is 5.97 Å². The number of fused-ring (bicyclic) bond motifs is 1. The van der Waals surface area contributed by atoms with Crippen molar-refractivity contribution in [2.24, 2.45) is 5.73 Å². The SMILES string of the molecule is C=CCOC(=O)C1=C(C)OC(N)=C(C#N)C1c1cc2c(C)cc(C)cc2nc1Cl. The molecule has 0 aliphatic carbocycles. The second-order valence-corrected chi connectivity index (χ2v) is 7.16. The van der Waals surface area contributed by atoms with Crippen molar-refractivity contribution >= 4 is 28.5 Å². The number of allylic oxidation sites excluding steroid dienone is 2. The van der Waals surface area contributed by atoms with Gasteiger partial charge in [0, 0.05) is 10.9 Å². The third-order valence-electron chi connectivity index (χ3n) is 4.73. The molecule has 2 heterocycles. The highest BCUT2D eigenvalue weighted by Gasteiger charge is 2.38. The molecule has 1 aliphatic heterocycles. The molecule has 1 atom stereocenters. The van der Waals surface area contributed by atoms with Crippen LogP contribution in [0.5, 0.6) is 0 Å². The monoisotopic (exact) mass is 409 g/mol. The lowest BCUT2D eigenvalue weighted by atomic mass is 9.83. The first-order valence-electron chi connectivity index (χ1n) is 8.92. The van der Waals surface area contributed by atoms with Gasteiger partial charge in [-0.2, -0.15) is 5.26 Å². The van der Waals surface area contributed by atoms with Gasteiger partial charge in [0.05, 0.1) is 17.0 Å². The molecule has 0 saturated carbocycles. The van der Waals surface area contributed by atoms with Crippen molar-refractivity contribution < 1.29 is 14.3 Å². The molecule has 6 nitrogen and oxygen atoms in total. The molecular formula is C22H20ClN3O3. The Morgan fingerprint density at radius 1 is 1.41 bits per heavy atom. The van der Waals surface area contributed by atoms with E-state index >= 15 is 0 Å². The van der Waals surface area contributed by atoms with Crippen LogP contribution in [0, 0.1) is 25.2 Å². The Hall–Kier alpha value is -3.30. The molecule has 0 fully saturated rings. The molecule has 3 rings (SSSR count). The highest BCUT2D eigenvalue weighted by atomic mass is 35.5. The third-order valence-corrected chi connectivity index (χ3v) is 5.04. The first-order chi connectivity index (χ1) is 13.8. The number of hydrogen-bond acceptors (Lipinski definition) is 6. The van der Waals surface area contributed by atoms with Crippen LogP contribution in [0.2, 0.25) is 5.15 Å². The van der Waals surface area contributed by atoms with Gasteiger partial charge in [0.1, 0.15) is 29.2 Å². The summed E-state index contributed by atoms with van der Waals surface area (Å²) in [5, 5.41) is 10.8. The smallest absolute Gasteiger partial charge is 0.338 e. The van der Waals surface area contributed by atoms with E-state index in [0.29, 0.717) is 5.56 Å². The van der Waals surface area contributed by atoms with E-state index in [1.807, 2.05) is 38.1 Å². The molecule has 1 aliphatic rings. The van der Waals surface area contributed by atoms with Crippen LogP contribution in [0.4, 0.5) is 0 Å². The minimum atomic E-state index is -0.851. The van der Waals surface area contributed by atoms with Gasteiger partial charge in [-0.15, -0.1) is 0 Å². The summed E-state index contributed by atoms with van der Waals surface area (Å²) in [7, 11) is 0. The first-order valence-corrected chi connectivity index (χ1v) is 9.30. The molecule has 0 amide bonds. The molecule has 0 spiro atoms. The van der Waals surface area contributed by atoms with E-state index in [2.05, 4.69) is 11.6 Å². The van der Waals surface area contributed by atoms with E-state index in [4.69, 9.17) is 26.8 Å². The Bertz CT molecular complexity index is 1140. The zero-order chi connectivity index (χ0) is 21.3. The summed E-state index contributed by atoms with van der Waals surface area (Å²) in [6.07, 6.45) is 1.46. The summed E-state index contributed by atoms with van der Waals surface area (Å²) in [5.41, 5.74) is 9.47. The van der Waals surface area contributed by atoms with Crippen molar-refractivity contribution in [3.63, 3.8) is 0 Å². The van der Waals surface area contributed by atoms with Crippen LogP contribution >= 0.6 is 11.6 Å². The number of nitrogens with zero attached hydrogens (tertiary/aromatic N) is 2. The Labute approximate surface area is 173 Å². The van der Waals surface area contributed by atoms with Crippen molar-refractivity contribution in [2.45, 2.75) is 26.7 Å². The molecule has 29 heavy (non-hydrogen) atoms. The Morgan fingerprint density at radius 3 is 2.79 bits per heavy atom. The fourth-order valence-corrected chi connectivity index (χ4v) is 3.75. The Balaban J connectivity index is 2.27. The van der Waals surface area contributed by atoms with E-state index < -0.39 is 11.9 Å². The number of pyridine rings is 1. The van der Waals surface area contributed by atoms with Crippen LogP contribution in [-0.4, -0.2) is 17.6 Å². The van der Waals surface area contributed by atoms with E-state index in [1.54, 1.807) is 6.92 Å². The molecular weight excluding hydrogens is 390 g/mol. The lowest BCUT2D eigenvalue weighted by molar-refractivity contribution is -0.138. The number of halogens is 1. The molecule has 1 unspecified atom stereocenters. The van der Waals surface area contributed by atoms with Gasteiger partial charge in [0.25, 0.3) is 0 Å². The topological polar surface area (TPSA) is 98.2 Å². The van der Waals surface area contributed by atoms with Gasteiger partial charge in [0.2, 0.25) is 5.88 Å². The highest BCUT2D eigenvalue weighted by Crippen LogP contribution is 2.42. The Morgan fingerprint density at radius 2 is 2.14 bits per heavy atom. The zero-order valence-electron chi connectivity index (χ0n) is 16.4. The number of nitrogens with two attached hydrogens (primary N) is 1. The fourth-order valence-electron chi connectivity index (χ4n) is 3.49. The maximum absolute atomic E-state index is 12.8. The standard InChI is InChI=1S/C22H20ClN3O3/c1-5-6-28-22(27)18-13(4)29-21(25)16(10-24)19(18)15-9-14-12(3)7-11(2)8-17(14)26-20(15)23/h5,7-9,19H,1,6,25H2,2-4H3. The summed E-state index contributed by atoms with van der Waals surface area (Å²) in [6.45, 7) is 9.10. The fraction of sp³-hybridized carbons (Fsp3) is 0.227. The molecule has 148 valence electrons. The predicted molar refractivity (Wildman–Crippen MR) is 111 cm³/mol. The lowest BCUT2D eigenvalue weighted by Crippen LogP contribution is -2.26. The molecule has 1 aromatic heterocycles. The lowest BCUT2D eigenvalue weighted by Gasteiger charge is -2.27. The van der Waals surface area contributed by atoms with Crippen LogP contribution in [0.25, 0.3) is 10.9 Å². The Kier molecular flexibility index (Phi) is 5.62.